The predicted octanol–water partition coefficient (Wildman–Crippen LogP) is 4.38. The SMILES string of the molecule is CNC(C)c1ccccc1Oc1c(C)cccc1C. The van der Waals surface area contributed by atoms with Crippen molar-refractivity contribution in [3.05, 3.63) is 59.2 Å². The lowest BCUT2D eigenvalue weighted by Gasteiger charge is -2.18. The maximum absolute atomic E-state index is 6.15. The number of aryl methyl sites for hydroxylation is 2. The van der Waals surface area contributed by atoms with Crippen molar-refractivity contribution >= 4 is 0 Å². The van der Waals surface area contributed by atoms with Gasteiger partial charge in [-0.1, -0.05) is 36.4 Å². The second-order valence-electron chi connectivity index (χ2n) is 4.87. The third-order valence-corrected chi connectivity index (χ3v) is 3.44. The standard InChI is InChI=1S/C17H21NO/c1-12-8-7-9-13(2)17(12)19-16-11-6-5-10-15(16)14(3)18-4/h5-11,14,18H,1-4H3. The van der Waals surface area contributed by atoms with Gasteiger partial charge in [-0.15, -0.1) is 0 Å². The van der Waals surface area contributed by atoms with Gasteiger partial charge < -0.3 is 10.1 Å². The molecule has 2 aromatic carbocycles. The summed E-state index contributed by atoms with van der Waals surface area (Å²) in [6.07, 6.45) is 0. The Morgan fingerprint density at radius 3 is 2.21 bits per heavy atom. The number of nitrogens with one attached hydrogen (secondary N) is 1. The lowest BCUT2D eigenvalue weighted by atomic mass is 10.1. The summed E-state index contributed by atoms with van der Waals surface area (Å²) >= 11 is 0. The summed E-state index contributed by atoms with van der Waals surface area (Å²) in [4.78, 5) is 0. The van der Waals surface area contributed by atoms with E-state index in [1.54, 1.807) is 0 Å². The Bertz CT molecular complexity index is 543. The van der Waals surface area contributed by atoms with Crippen molar-refractivity contribution in [1.29, 1.82) is 0 Å². The quantitative estimate of drug-likeness (QED) is 0.875. The summed E-state index contributed by atoms with van der Waals surface area (Å²) in [6.45, 7) is 6.28. The molecule has 100 valence electrons. The van der Waals surface area contributed by atoms with Crippen molar-refractivity contribution in [3.8, 4) is 11.5 Å². The smallest absolute Gasteiger partial charge is 0.133 e. The maximum Gasteiger partial charge on any atom is 0.133 e. The fraction of sp³-hybridized carbons (Fsp3) is 0.294. The second-order valence-corrected chi connectivity index (χ2v) is 4.87. The van der Waals surface area contributed by atoms with Crippen LogP contribution >= 0.6 is 0 Å². The van der Waals surface area contributed by atoms with Crippen LogP contribution in [-0.4, -0.2) is 7.05 Å². The molecule has 0 saturated carbocycles. The van der Waals surface area contributed by atoms with E-state index < -0.39 is 0 Å². The zero-order valence-corrected chi connectivity index (χ0v) is 12.0. The van der Waals surface area contributed by atoms with Crippen LogP contribution in [0.5, 0.6) is 11.5 Å². The van der Waals surface area contributed by atoms with Crippen molar-refractivity contribution in [1.82, 2.24) is 5.32 Å². The minimum Gasteiger partial charge on any atom is -0.456 e. The van der Waals surface area contributed by atoms with Crippen LogP contribution in [0.3, 0.4) is 0 Å². The van der Waals surface area contributed by atoms with Crippen LogP contribution in [0.15, 0.2) is 42.5 Å². The average molecular weight is 255 g/mol. The molecule has 0 fully saturated rings. The zero-order chi connectivity index (χ0) is 13.8. The number of hydrogen-bond donors (Lipinski definition) is 1. The Balaban J connectivity index is 2.39. The van der Waals surface area contributed by atoms with Crippen molar-refractivity contribution in [3.63, 3.8) is 0 Å². The molecule has 0 radical (unpaired) electrons. The highest BCUT2D eigenvalue weighted by atomic mass is 16.5. The average Bonchev–Trinajstić information content (AvgIpc) is 2.42. The van der Waals surface area contributed by atoms with Gasteiger partial charge in [0.15, 0.2) is 0 Å². The summed E-state index contributed by atoms with van der Waals surface area (Å²) in [7, 11) is 1.96. The molecule has 1 atom stereocenters. The maximum atomic E-state index is 6.15. The Hall–Kier alpha value is -1.80. The van der Waals surface area contributed by atoms with Gasteiger partial charge in [0.25, 0.3) is 0 Å². The third-order valence-electron chi connectivity index (χ3n) is 3.44. The van der Waals surface area contributed by atoms with Crippen molar-refractivity contribution in [2.75, 3.05) is 7.05 Å². The summed E-state index contributed by atoms with van der Waals surface area (Å²) in [6, 6.07) is 14.6. The van der Waals surface area contributed by atoms with Crippen LogP contribution in [0.25, 0.3) is 0 Å². The largest absolute Gasteiger partial charge is 0.456 e. The molecule has 0 saturated heterocycles. The number of ether oxygens (including phenoxy) is 1. The van der Waals surface area contributed by atoms with E-state index in [9.17, 15) is 0 Å². The highest BCUT2D eigenvalue weighted by Crippen LogP contribution is 2.32. The Kier molecular flexibility index (Phi) is 4.23. The van der Waals surface area contributed by atoms with Crippen LogP contribution in [0.2, 0.25) is 0 Å². The van der Waals surface area contributed by atoms with E-state index >= 15 is 0 Å². The molecule has 0 bridgehead atoms. The molecular formula is C17H21NO. The Labute approximate surface area is 115 Å². The first-order chi connectivity index (χ1) is 9.13. The molecule has 2 heteroatoms. The highest BCUT2D eigenvalue weighted by molar-refractivity contribution is 5.45. The predicted molar refractivity (Wildman–Crippen MR) is 79.9 cm³/mol. The molecule has 0 amide bonds. The van der Waals surface area contributed by atoms with Gasteiger partial charge in [-0.25, -0.2) is 0 Å². The fourth-order valence-corrected chi connectivity index (χ4v) is 2.16. The monoisotopic (exact) mass is 255 g/mol. The van der Waals surface area contributed by atoms with E-state index in [4.69, 9.17) is 4.74 Å². The first-order valence-corrected chi connectivity index (χ1v) is 6.63. The van der Waals surface area contributed by atoms with Crippen molar-refractivity contribution in [2.24, 2.45) is 0 Å². The molecule has 0 aliphatic rings. The topological polar surface area (TPSA) is 21.3 Å². The van der Waals surface area contributed by atoms with Crippen LogP contribution in [0, 0.1) is 13.8 Å². The Morgan fingerprint density at radius 2 is 1.58 bits per heavy atom. The van der Waals surface area contributed by atoms with E-state index in [2.05, 4.69) is 50.4 Å². The van der Waals surface area contributed by atoms with Gasteiger partial charge in [-0.2, -0.15) is 0 Å². The highest BCUT2D eigenvalue weighted by Gasteiger charge is 2.12. The minimum absolute atomic E-state index is 0.264. The molecule has 2 aromatic rings. The van der Waals surface area contributed by atoms with Gasteiger partial charge in [-0.3, -0.25) is 0 Å². The van der Waals surface area contributed by atoms with Crippen LogP contribution < -0.4 is 10.1 Å². The number of hydrogen-bond acceptors (Lipinski definition) is 2. The van der Waals surface area contributed by atoms with Gasteiger partial charge in [0.2, 0.25) is 0 Å². The number of para-hydroxylation sites is 2. The molecule has 2 nitrogen and oxygen atoms in total. The third kappa shape index (κ3) is 2.96. The number of benzene rings is 2. The molecule has 0 heterocycles. The second kappa shape index (κ2) is 5.89. The van der Waals surface area contributed by atoms with Gasteiger partial charge in [0.05, 0.1) is 0 Å². The van der Waals surface area contributed by atoms with Gasteiger partial charge in [-0.05, 0) is 45.0 Å². The van der Waals surface area contributed by atoms with Gasteiger partial charge >= 0.3 is 0 Å². The van der Waals surface area contributed by atoms with Crippen LogP contribution in [0.4, 0.5) is 0 Å². The molecule has 0 aliphatic heterocycles. The zero-order valence-electron chi connectivity index (χ0n) is 12.0. The lowest BCUT2D eigenvalue weighted by Crippen LogP contribution is -2.13. The van der Waals surface area contributed by atoms with E-state index in [0.29, 0.717) is 0 Å². The molecular weight excluding hydrogens is 234 g/mol. The molecule has 0 aromatic heterocycles. The minimum atomic E-state index is 0.264. The van der Waals surface area contributed by atoms with Crippen molar-refractivity contribution < 1.29 is 4.74 Å². The molecule has 0 spiro atoms. The molecule has 2 rings (SSSR count). The Morgan fingerprint density at radius 1 is 0.947 bits per heavy atom. The van der Waals surface area contributed by atoms with Crippen LogP contribution in [0.1, 0.15) is 29.7 Å². The lowest BCUT2D eigenvalue weighted by molar-refractivity contribution is 0.460. The number of rotatable bonds is 4. The first-order valence-electron chi connectivity index (χ1n) is 6.63. The van der Waals surface area contributed by atoms with E-state index in [0.717, 1.165) is 22.6 Å². The molecule has 1 N–H and O–H groups in total. The molecule has 1 unspecified atom stereocenters. The molecule has 19 heavy (non-hydrogen) atoms. The fourth-order valence-electron chi connectivity index (χ4n) is 2.16. The summed E-state index contributed by atoms with van der Waals surface area (Å²) in [5.74, 6) is 1.88. The summed E-state index contributed by atoms with van der Waals surface area (Å²) in [5, 5.41) is 3.26. The van der Waals surface area contributed by atoms with E-state index in [-0.39, 0.29) is 6.04 Å². The summed E-state index contributed by atoms with van der Waals surface area (Å²) < 4.78 is 6.15. The van der Waals surface area contributed by atoms with Gasteiger partial charge in [0.1, 0.15) is 11.5 Å². The van der Waals surface area contributed by atoms with E-state index in [1.165, 1.54) is 5.56 Å². The van der Waals surface area contributed by atoms with Gasteiger partial charge in [0, 0.05) is 11.6 Å². The van der Waals surface area contributed by atoms with E-state index in [1.807, 2.05) is 25.2 Å². The van der Waals surface area contributed by atoms with Crippen molar-refractivity contribution in [2.45, 2.75) is 26.8 Å². The molecule has 0 aliphatic carbocycles. The van der Waals surface area contributed by atoms with Crippen LogP contribution in [-0.2, 0) is 0 Å². The first kappa shape index (κ1) is 13.6. The normalized spacial score (nSPS) is 12.2. The summed E-state index contributed by atoms with van der Waals surface area (Å²) in [5.41, 5.74) is 3.49.